The van der Waals surface area contributed by atoms with E-state index in [1.165, 1.54) is 11.1 Å². The second kappa shape index (κ2) is 5.40. The van der Waals surface area contributed by atoms with Crippen molar-refractivity contribution in [2.75, 3.05) is 0 Å². The van der Waals surface area contributed by atoms with Gasteiger partial charge in [-0.1, -0.05) is 24.3 Å². The molecule has 18 heavy (non-hydrogen) atoms. The van der Waals surface area contributed by atoms with Crippen molar-refractivity contribution in [3.63, 3.8) is 0 Å². The lowest BCUT2D eigenvalue weighted by Crippen LogP contribution is -2.22. The fourth-order valence-electron chi connectivity index (χ4n) is 2.31. The monoisotopic (exact) mass is 243 g/mol. The molecule has 2 nitrogen and oxygen atoms in total. The molecule has 2 heteroatoms. The van der Waals surface area contributed by atoms with Crippen LogP contribution in [0.15, 0.2) is 40.8 Å². The summed E-state index contributed by atoms with van der Waals surface area (Å²) in [5.41, 5.74) is 2.66. The van der Waals surface area contributed by atoms with Gasteiger partial charge in [0.2, 0.25) is 0 Å². The molecular weight excluding hydrogens is 222 g/mol. The van der Waals surface area contributed by atoms with Crippen LogP contribution in [-0.2, 0) is 0 Å². The molecule has 0 saturated heterocycles. The zero-order valence-corrected chi connectivity index (χ0v) is 11.5. The Morgan fingerprint density at radius 1 is 0.944 bits per heavy atom. The highest BCUT2D eigenvalue weighted by Gasteiger charge is 2.14. The van der Waals surface area contributed by atoms with E-state index in [0.717, 1.165) is 11.5 Å². The minimum atomic E-state index is 0.216. The van der Waals surface area contributed by atoms with E-state index in [-0.39, 0.29) is 6.04 Å². The van der Waals surface area contributed by atoms with Crippen LogP contribution in [0.25, 0.3) is 0 Å². The zero-order chi connectivity index (χ0) is 13.1. The minimum absolute atomic E-state index is 0.216. The van der Waals surface area contributed by atoms with E-state index in [1.807, 2.05) is 19.1 Å². The van der Waals surface area contributed by atoms with E-state index in [4.69, 9.17) is 4.42 Å². The van der Waals surface area contributed by atoms with E-state index in [2.05, 4.69) is 50.4 Å². The molecule has 0 bridgehead atoms. The van der Waals surface area contributed by atoms with Gasteiger partial charge in [-0.15, -0.1) is 0 Å². The van der Waals surface area contributed by atoms with Crippen LogP contribution in [0.5, 0.6) is 0 Å². The summed E-state index contributed by atoms with van der Waals surface area (Å²) in [6, 6.07) is 13.1. The number of aryl methyl sites for hydroxylation is 2. The Bertz CT molecular complexity index is 515. The van der Waals surface area contributed by atoms with E-state index >= 15 is 0 Å². The van der Waals surface area contributed by atoms with Gasteiger partial charge in [0.1, 0.15) is 11.5 Å². The second-order valence-corrected chi connectivity index (χ2v) is 4.92. The molecule has 0 aliphatic carbocycles. The van der Waals surface area contributed by atoms with Crippen LogP contribution in [0, 0.1) is 13.8 Å². The van der Waals surface area contributed by atoms with E-state index in [0.29, 0.717) is 6.04 Å². The summed E-state index contributed by atoms with van der Waals surface area (Å²) in [5.74, 6) is 1.95. The Kier molecular flexibility index (Phi) is 3.87. The molecule has 2 atom stereocenters. The first kappa shape index (κ1) is 12.9. The van der Waals surface area contributed by atoms with Crippen molar-refractivity contribution in [2.45, 2.75) is 39.8 Å². The lowest BCUT2D eigenvalue weighted by atomic mass is 10.0. The molecule has 0 aliphatic heterocycles. The van der Waals surface area contributed by atoms with Crippen molar-refractivity contribution in [2.24, 2.45) is 0 Å². The summed E-state index contributed by atoms with van der Waals surface area (Å²) in [6.45, 7) is 8.44. The summed E-state index contributed by atoms with van der Waals surface area (Å²) in [5, 5.41) is 3.57. The minimum Gasteiger partial charge on any atom is -0.465 e. The number of rotatable bonds is 4. The third-order valence-electron chi connectivity index (χ3n) is 3.34. The Morgan fingerprint density at radius 3 is 2.28 bits per heavy atom. The molecule has 2 aromatic rings. The zero-order valence-electron chi connectivity index (χ0n) is 11.5. The number of nitrogens with one attached hydrogen (secondary N) is 1. The van der Waals surface area contributed by atoms with Gasteiger partial charge in [-0.05, 0) is 51.0 Å². The van der Waals surface area contributed by atoms with Crippen LogP contribution in [-0.4, -0.2) is 0 Å². The molecule has 1 aromatic heterocycles. The first-order valence-electron chi connectivity index (χ1n) is 6.46. The fourth-order valence-corrected chi connectivity index (χ4v) is 2.31. The molecule has 0 amide bonds. The molecule has 1 heterocycles. The largest absolute Gasteiger partial charge is 0.465 e. The number of furan rings is 1. The van der Waals surface area contributed by atoms with Crippen LogP contribution >= 0.6 is 0 Å². The van der Waals surface area contributed by atoms with Crippen molar-refractivity contribution in [3.8, 4) is 0 Å². The predicted octanol–water partition coefficient (Wildman–Crippen LogP) is 4.31. The number of benzene rings is 1. The smallest absolute Gasteiger partial charge is 0.120 e. The average molecular weight is 243 g/mol. The van der Waals surface area contributed by atoms with Crippen LogP contribution in [0.3, 0.4) is 0 Å². The summed E-state index contributed by atoms with van der Waals surface area (Å²) in [7, 11) is 0. The maximum Gasteiger partial charge on any atom is 0.120 e. The Morgan fingerprint density at radius 2 is 1.67 bits per heavy atom. The molecule has 0 saturated carbocycles. The van der Waals surface area contributed by atoms with Gasteiger partial charge in [0.05, 0.1) is 6.04 Å². The molecular formula is C16H21NO. The molecule has 0 aliphatic rings. The standard InChI is InChI=1S/C16H21NO/c1-11-7-5-6-8-15(11)13(3)17-14(4)16-10-9-12(2)18-16/h5-10,13-14,17H,1-4H3. The van der Waals surface area contributed by atoms with Gasteiger partial charge >= 0.3 is 0 Å². The Balaban J connectivity index is 2.08. The van der Waals surface area contributed by atoms with Crippen LogP contribution in [0.4, 0.5) is 0 Å². The average Bonchev–Trinajstić information content (AvgIpc) is 2.76. The Hall–Kier alpha value is -1.54. The lowest BCUT2D eigenvalue weighted by Gasteiger charge is -2.20. The van der Waals surface area contributed by atoms with Gasteiger partial charge in [-0.2, -0.15) is 0 Å². The van der Waals surface area contributed by atoms with E-state index < -0.39 is 0 Å². The van der Waals surface area contributed by atoms with Crippen molar-refractivity contribution in [3.05, 3.63) is 59.0 Å². The van der Waals surface area contributed by atoms with Crippen LogP contribution < -0.4 is 5.32 Å². The van der Waals surface area contributed by atoms with Crippen LogP contribution in [0.1, 0.15) is 48.6 Å². The maximum absolute atomic E-state index is 5.65. The highest BCUT2D eigenvalue weighted by molar-refractivity contribution is 5.28. The molecule has 2 unspecified atom stereocenters. The molecule has 1 aromatic carbocycles. The van der Waals surface area contributed by atoms with Crippen LogP contribution in [0.2, 0.25) is 0 Å². The highest BCUT2D eigenvalue weighted by Crippen LogP contribution is 2.22. The molecule has 0 fully saturated rings. The molecule has 96 valence electrons. The maximum atomic E-state index is 5.65. The molecule has 0 spiro atoms. The van der Waals surface area contributed by atoms with Gasteiger partial charge in [0.25, 0.3) is 0 Å². The summed E-state index contributed by atoms with van der Waals surface area (Å²) < 4.78 is 5.65. The first-order valence-corrected chi connectivity index (χ1v) is 6.46. The van der Waals surface area contributed by atoms with Gasteiger partial charge in [-0.3, -0.25) is 0 Å². The highest BCUT2D eigenvalue weighted by atomic mass is 16.3. The molecule has 1 N–H and O–H groups in total. The molecule has 2 rings (SSSR count). The summed E-state index contributed by atoms with van der Waals surface area (Å²) in [4.78, 5) is 0. The van der Waals surface area contributed by atoms with Crippen molar-refractivity contribution >= 4 is 0 Å². The molecule has 0 radical (unpaired) electrons. The van der Waals surface area contributed by atoms with Crippen molar-refractivity contribution in [1.82, 2.24) is 5.32 Å². The number of hydrogen-bond acceptors (Lipinski definition) is 2. The fraction of sp³-hybridized carbons (Fsp3) is 0.375. The third-order valence-corrected chi connectivity index (χ3v) is 3.34. The summed E-state index contributed by atoms with van der Waals surface area (Å²) in [6.07, 6.45) is 0. The third kappa shape index (κ3) is 2.82. The van der Waals surface area contributed by atoms with E-state index in [1.54, 1.807) is 0 Å². The van der Waals surface area contributed by atoms with E-state index in [9.17, 15) is 0 Å². The number of hydrogen-bond donors (Lipinski definition) is 1. The lowest BCUT2D eigenvalue weighted by molar-refractivity contribution is 0.392. The van der Waals surface area contributed by atoms with Gasteiger partial charge in [-0.25, -0.2) is 0 Å². The van der Waals surface area contributed by atoms with Gasteiger partial charge in [0, 0.05) is 6.04 Å². The van der Waals surface area contributed by atoms with Gasteiger partial charge < -0.3 is 9.73 Å². The first-order chi connectivity index (χ1) is 8.58. The van der Waals surface area contributed by atoms with Crippen molar-refractivity contribution in [1.29, 1.82) is 0 Å². The second-order valence-electron chi connectivity index (χ2n) is 4.92. The SMILES string of the molecule is Cc1ccc(C(C)NC(C)c2ccccc2C)o1. The topological polar surface area (TPSA) is 25.2 Å². The van der Waals surface area contributed by atoms with Crippen molar-refractivity contribution < 1.29 is 4.42 Å². The van der Waals surface area contributed by atoms with Gasteiger partial charge in [0.15, 0.2) is 0 Å². The predicted molar refractivity (Wildman–Crippen MR) is 74.6 cm³/mol. The Labute approximate surface area is 109 Å². The normalized spacial score (nSPS) is 14.4. The quantitative estimate of drug-likeness (QED) is 0.865. The summed E-state index contributed by atoms with van der Waals surface area (Å²) >= 11 is 0.